The summed E-state index contributed by atoms with van der Waals surface area (Å²) in [6.45, 7) is 8.31. The van der Waals surface area contributed by atoms with E-state index in [1.54, 1.807) is 6.07 Å². The number of nitrogens with one attached hydrogen (secondary N) is 1. The predicted molar refractivity (Wildman–Crippen MR) is 86.1 cm³/mol. The van der Waals surface area contributed by atoms with E-state index in [4.69, 9.17) is 5.11 Å². The molecule has 0 radical (unpaired) electrons. The van der Waals surface area contributed by atoms with Gasteiger partial charge in [-0.15, -0.1) is 0 Å². The van der Waals surface area contributed by atoms with Crippen molar-refractivity contribution in [3.05, 3.63) is 34.9 Å². The molecule has 3 heteroatoms. The van der Waals surface area contributed by atoms with Gasteiger partial charge in [0, 0.05) is 23.6 Å². The lowest BCUT2D eigenvalue weighted by molar-refractivity contribution is 0.0936. The average Bonchev–Trinajstić information content (AvgIpc) is 2.37. The number of carbonyl (C=O) groups is 1. The zero-order valence-electron chi connectivity index (χ0n) is 13.4. The normalized spacial score (nSPS) is 11.7. The average molecular weight is 287 g/mol. The molecule has 1 unspecified atom stereocenters. The van der Waals surface area contributed by atoms with Crippen LogP contribution < -0.4 is 5.32 Å². The highest BCUT2D eigenvalue weighted by Gasteiger charge is 2.11. The molecular formula is C18H25NO2. The molecule has 3 nitrogen and oxygen atoms in total. The number of hydrogen-bond acceptors (Lipinski definition) is 2. The van der Waals surface area contributed by atoms with Crippen molar-refractivity contribution < 1.29 is 9.90 Å². The fourth-order valence-corrected chi connectivity index (χ4v) is 2.28. The number of carbonyl (C=O) groups excluding carboxylic acids is 1. The van der Waals surface area contributed by atoms with Crippen LogP contribution in [0.15, 0.2) is 18.2 Å². The molecule has 114 valence electrons. The van der Waals surface area contributed by atoms with E-state index in [1.165, 1.54) is 0 Å². The molecule has 1 aromatic carbocycles. The Balaban J connectivity index is 2.83. The molecule has 0 aliphatic heterocycles. The van der Waals surface area contributed by atoms with Gasteiger partial charge in [0.1, 0.15) is 0 Å². The summed E-state index contributed by atoms with van der Waals surface area (Å²) >= 11 is 0. The second-order valence-corrected chi connectivity index (χ2v) is 5.87. The molecule has 0 aliphatic carbocycles. The summed E-state index contributed by atoms with van der Waals surface area (Å²) in [5, 5.41) is 11.8. The first-order valence-corrected chi connectivity index (χ1v) is 7.44. The van der Waals surface area contributed by atoms with Crippen LogP contribution in [0.3, 0.4) is 0 Å². The molecule has 1 aromatic rings. The molecular weight excluding hydrogens is 262 g/mol. The number of aliphatic hydroxyl groups is 1. The van der Waals surface area contributed by atoms with E-state index in [2.05, 4.69) is 31.0 Å². The first kappa shape index (κ1) is 17.3. The molecule has 0 saturated carbocycles. The van der Waals surface area contributed by atoms with E-state index in [0.717, 1.165) is 17.5 Å². The zero-order chi connectivity index (χ0) is 15.8. The Hall–Kier alpha value is -1.79. The second kappa shape index (κ2) is 8.49. The molecule has 1 rings (SSSR count). The number of rotatable bonds is 5. The van der Waals surface area contributed by atoms with Crippen molar-refractivity contribution in [3.63, 3.8) is 0 Å². The fourth-order valence-electron chi connectivity index (χ4n) is 2.28. The van der Waals surface area contributed by atoms with Crippen molar-refractivity contribution in [1.82, 2.24) is 5.32 Å². The van der Waals surface area contributed by atoms with E-state index < -0.39 is 0 Å². The number of benzene rings is 1. The molecule has 1 atom stereocenters. The van der Waals surface area contributed by atoms with Gasteiger partial charge in [-0.3, -0.25) is 4.79 Å². The highest BCUT2D eigenvalue weighted by Crippen LogP contribution is 2.11. The summed E-state index contributed by atoms with van der Waals surface area (Å²) in [6.07, 6.45) is 1.40. The maximum atomic E-state index is 12.3. The van der Waals surface area contributed by atoms with Gasteiger partial charge >= 0.3 is 0 Å². The quantitative estimate of drug-likeness (QED) is 0.818. The lowest BCUT2D eigenvalue weighted by atomic mass is 10.0. The van der Waals surface area contributed by atoms with E-state index in [0.29, 0.717) is 17.9 Å². The molecule has 0 bridgehead atoms. The van der Waals surface area contributed by atoms with Crippen molar-refractivity contribution >= 4 is 5.91 Å². The van der Waals surface area contributed by atoms with Gasteiger partial charge in [0.25, 0.3) is 5.91 Å². The molecule has 1 amide bonds. The zero-order valence-corrected chi connectivity index (χ0v) is 13.4. The SMILES string of the molecule is Cc1cc(C#CCCO)cc(C(=O)NC(C)CC(C)C)c1. The van der Waals surface area contributed by atoms with Crippen LogP contribution in [-0.4, -0.2) is 23.7 Å². The Kier molecular flexibility index (Phi) is 6.98. The second-order valence-electron chi connectivity index (χ2n) is 5.87. The fraction of sp³-hybridized carbons (Fsp3) is 0.500. The summed E-state index contributed by atoms with van der Waals surface area (Å²) in [7, 11) is 0. The van der Waals surface area contributed by atoms with Crippen LogP contribution in [0.2, 0.25) is 0 Å². The van der Waals surface area contributed by atoms with Crippen LogP contribution in [-0.2, 0) is 0 Å². The number of aryl methyl sites for hydroxylation is 1. The van der Waals surface area contributed by atoms with E-state index in [1.807, 2.05) is 26.0 Å². The van der Waals surface area contributed by atoms with E-state index in [-0.39, 0.29) is 18.6 Å². The Morgan fingerprint density at radius 3 is 2.62 bits per heavy atom. The maximum Gasteiger partial charge on any atom is 0.251 e. The van der Waals surface area contributed by atoms with Crippen molar-refractivity contribution in [2.24, 2.45) is 5.92 Å². The van der Waals surface area contributed by atoms with Crippen LogP contribution in [0, 0.1) is 24.7 Å². The molecule has 0 aliphatic rings. The highest BCUT2D eigenvalue weighted by molar-refractivity contribution is 5.95. The van der Waals surface area contributed by atoms with Crippen LogP contribution in [0.1, 0.15) is 55.1 Å². The summed E-state index contributed by atoms with van der Waals surface area (Å²) in [6, 6.07) is 5.77. The third-order valence-electron chi connectivity index (χ3n) is 3.01. The Labute approximate surface area is 127 Å². The predicted octanol–water partition coefficient (Wildman–Crippen LogP) is 2.89. The van der Waals surface area contributed by atoms with Gasteiger partial charge < -0.3 is 10.4 Å². The first-order valence-electron chi connectivity index (χ1n) is 7.44. The number of aliphatic hydroxyl groups excluding tert-OH is 1. The summed E-state index contributed by atoms with van der Waals surface area (Å²) in [5.41, 5.74) is 2.46. The highest BCUT2D eigenvalue weighted by atomic mass is 16.2. The topological polar surface area (TPSA) is 49.3 Å². The van der Waals surface area contributed by atoms with E-state index in [9.17, 15) is 4.79 Å². The van der Waals surface area contributed by atoms with Gasteiger partial charge in [-0.05, 0) is 49.9 Å². The minimum absolute atomic E-state index is 0.0544. The molecule has 0 spiro atoms. The van der Waals surface area contributed by atoms with Crippen LogP contribution in [0.4, 0.5) is 0 Å². The van der Waals surface area contributed by atoms with E-state index >= 15 is 0 Å². The van der Waals surface area contributed by atoms with Gasteiger partial charge in [0.05, 0.1) is 6.61 Å². The third-order valence-corrected chi connectivity index (χ3v) is 3.01. The third kappa shape index (κ3) is 6.46. The first-order chi connectivity index (χ1) is 9.92. The maximum absolute atomic E-state index is 12.3. The number of amides is 1. The molecule has 0 aromatic heterocycles. The lowest BCUT2D eigenvalue weighted by Gasteiger charge is -2.16. The van der Waals surface area contributed by atoms with Crippen molar-refractivity contribution in [1.29, 1.82) is 0 Å². The Morgan fingerprint density at radius 1 is 1.29 bits per heavy atom. The van der Waals surface area contributed by atoms with Crippen LogP contribution in [0.5, 0.6) is 0 Å². The van der Waals surface area contributed by atoms with Crippen molar-refractivity contribution in [2.75, 3.05) is 6.61 Å². The number of hydrogen-bond donors (Lipinski definition) is 2. The molecule has 0 fully saturated rings. The van der Waals surface area contributed by atoms with Crippen LogP contribution in [0.25, 0.3) is 0 Å². The largest absolute Gasteiger partial charge is 0.395 e. The Morgan fingerprint density at radius 2 is 2.00 bits per heavy atom. The van der Waals surface area contributed by atoms with Gasteiger partial charge in [-0.25, -0.2) is 0 Å². The molecule has 0 saturated heterocycles. The summed E-state index contributed by atoms with van der Waals surface area (Å²) < 4.78 is 0. The van der Waals surface area contributed by atoms with Gasteiger partial charge in [-0.1, -0.05) is 25.7 Å². The minimum atomic E-state index is -0.0583. The standard InChI is InChI=1S/C18H25NO2/c1-13(2)9-15(4)19-18(21)17-11-14(3)10-16(12-17)7-5-6-8-20/h10-13,15,20H,6,8-9H2,1-4H3,(H,19,21). The summed E-state index contributed by atoms with van der Waals surface area (Å²) in [4.78, 5) is 12.3. The molecule has 2 N–H and O–H groups in total. The molecule has 21 heavy (non-hydrogen) atoms. The molecule has 0 heterocycles. The van der Waals surface area contributed by atoms with Crippen molar-refractivity contribution in [2.45, 2.75) is 46.6 Å². The van der Waals surface area contributed by atoms with Gasteiger partial charge in [-0.2, -0.15) is 0 Å². The smallest absolute Gasteiger partial charge is 0.251 e. The summed E-state index contributed by atoms with van der Waals surface area (Å²) in [5.74, 6) is 6.35. The van der Waals surface area contributed by atoms with Gasteiger partial charge in [0.2, 0.25) is 0 Å². The lowest BCUT2D eigenvalue weighted by Crippen LogP contribution is -2.33. The van der Waals surface area contributed by atoms with Crippen LogP contribution >= 0.6 is 0 Å². The minimum Gasteiger partial charge on any atom is -0.395 e. The monoisotopic (exact) mass is 287 g/mol. The van der Waals surface area contributed by atoms with Gasteiger partial charge in [0.15, 0.2) is 0 Å². The Bertz CT molecular complexity index is 538. The van der Waals surface area contributed by atoms with Crippen molar-refractivity contribution in [3.8, 4) is 11.8 Å².